The van der Waals surface area contributed by atoms with Crippen LogP contribution in [0.25, 0.3) is 0 Å². The lowest BCUT2D eigenvalue weighted by Gasteiger charge is -2.45. The van der Waals surface area contributed by atoms with Gasteiger partial charge in [0.25, 0.3) is 0 Å². The van der Waals surface area contributed by atoms with Crippen LogP contribution in [-0.4, -0.2) is 85.9 Å². The molecule has 2 aromatic carbocycles. The van der Waals surface area contributed by atoms with Crippen LogP contribution in [0.2, 0.25) is 18.1 Å². The SMILES string of the molecule is C=CCO[C@@H]1C[C@H]([C@@H](O[Si](C)(C)C(C)(C)C)[C@H](Cc2cc(F)cc(F)c2)C(=O)N2C(=O)OCC2Cc2ccccc2)N(C(=O)OC(C)(C)C)C1. The molecule has 0 spiro atoms. The van der Waals surface area contributed by atoms with Gasteiger partial charge in [0, 0.05) is 6.07 Å². The van der Waals surface area contributed by atoms with Gasteiger partial charge in [-0.3, -0.25) is 9.69 Å². The zero-order valence-electron chi connectivity index (χ0n) is 30.5. The fraction of sp³-hybridized carbons (Fsp3) is 0.553. The highest BCUT2D eigenvalue weighted by Crippen LogP contribution is 2.42. The molecule has 3 amide bonds. The van der Waals surface area contributed by atoms with Gasteiger partial charge >= 0.3 is 12.2 Å². The number of carbonyl (C=O) groups is 3. The first-order chi connectivity index (χ1) is 23.3. The first-order valence-electron chi connectivity index (χ1n) is 17.2. The highest BCUT2D eigenvalue weighted by atomic mass is 28.4. The van der Waals surface area contributed by atoms with E-state index in [4.69, 9.17) is 18.6 Å². The van der Waals surface area contributed by atoms with Crippen LogP contribution in [0, 0.1) is 17.6 Å². The Morgan fingerprint density at radius 1 is 1.04 bits per heavy atom. The van der Waals surface area contributed by atoms with E-state index < -0.39 is 73.9 Å². The van der Waals surface area contributed by atoms with Crippen molar-refractivity contribution in [2.75, 3.05) is 19.8 Å². The molecule has 5 atom stereocenters. The van der Waals surface area contributed by atoms with E-state index in [0.29, 0.717) is 6.42 Å². The van der Waals surface area contributed by atoms with Crippen LogP contribution in [0.3, 0.4) is 0 Å². The summed E-state index contributed by atoms with van der Waals surface area (Å²) in [6.45, 7) is 19.7. The lowest BCUT2D eigenvalue weighted by Crippen LogP contribution is -2.58. The van der Waals surface area contributed by atoms with Crippen molar-refractivity contribution in [3.63, 3.8) is 0 Å². The highest BCUT2D eigenvalue weighted by molar-refractivity contribution is 6.74. The number of amides is 3. The fourth-order valence-corrected chi connectivity index (χ4v) is 7.57. The minimum absolute atomic E-state index is 0.0144. The Kier molecular flexibility index (Phi) is 12.3. The predicted octanol–water partition coefficient (Wildman–Crippen LogP) is 7.68. The molecule has 12 heteroatoms. The molecule has 0 aromatic heterocycles. The molecule has 4 rings (SSSR count). The van der Waals surface area contributed by atoms with Crippen LogP contribution < -0.4 is 0 Å². The number of nitrogens with zero attached hydrogens (tertiary/aromatic N) is 2. The molecule has 0 bridgehead atoms. The van der Waals surface area contributed by atoms with Crippen LogP contribution in [-0.2, 0) is 36.3 Å². The van der Waals surface area contributed by atoms with Crippen LogP contribution in [0.15, 0.2) is 61.2 Å². The number of benzene rings is 2. The van der Waals surface area contributed by atoms with E-state index in [0.717, 1.165) is 16.5 Å². The first kappa shape index (κ1) is 39.2. The van der Waals surface area contributed by atoms with Crippen LogP contribution in [0.1, 0.15) is 59.1 Å². The molecule has 2 aromatic rings. The summed E-state index contributed by atoms with van der Waals surface area (Å²) in [5, 5.41) is -0.333. The number of ether oxygens (including phenoxy) is 3. The predicted molar refractivity (Wildman–Crippen MR) is 189 cm³/mol. The number of carbonyl (C=O) groups excluding carboxylic acids is 3. The van der Waals surface area contributed by atoms with Crippen LogP contribution in [0.5, 0.6) is 0 Å². The summed E-state index contributed by atoms with van der Waals surface area (Å²) < 4.78 is 53.8. The van der Waals surface area contributed by atoms with E-state index in [2.05, 4.69) is 27.4 Å². The average Bonchev–Trinajstić information content (AvgIpc) is 3.59. The number of hydrogen-bond donors (Lipinski definition) is 0. The molecule has 0 radical (unpaired) electrons. The molecule has 0 N–H and O–H groups in total. The third-order valence-corrected chi connectivity index (χ3v) is 14.1. The van der Waals surface area contributed by atoms with Gasteiger partial charge < -0.3 is 18.6 Å². The van der Waals surface area contributed by atoms with E-state index in [9.17, 15) is 18.4 Å². The summed E-state index contributed by atoms with van der Waals surface area (Å²) >= 11 is 0. The number of rotatable bonds is 12. The quantitative estimate of drug-likeness (QED) is 0.164. The van der Waals surface area contributed by atoms with Crippen molar-refractivity contribution < 1.29 is 41.8 Å². The summed E-state index contributed by atoms with van der Waals surface area (Å²) in [5.41, 5.74) is 0.286. The van der Waals surface area contributed by atoms with E-state index in [1.165, 1.54) is 17.0 Å². The Bertz CT molecular complexity index is 1500. The van der Waals surface area contributed by atoms with E-state index in [-0.39, 0.29) is 43.2 Å². The van der Waals surface area contributed by atoms with E-state index in [1.54, 1.807) is 26.8 Å². The fourth-order valence-electron chi connectivity index (χ4n) is 6.21. The zero-order valence-corrected chi connectivity index (χ0v) is 31.5. The molecule has 9 nitrogen and oxygen atoms in total. The van der Waals surface area contributed by atoms with Gasteiger partial charge in [0.1, 0.15) is 23.8 Å². The van der Waals surface area contributed by atoms with Crippen molar-refractivity contribution in [3.05, 3.63) is 83.9 Å². The second-order valence-corrected chi connectivity index (χ2v) is 20.5. The summed E-state index contributed by atoms with van der Waals surface area (Å²) in [6, 6.07) is 11.2. The highest BCUT2D eigenvalue weighted by Gasteiger charge is 2.53. The Morgan fingerprint density at radius 3 is 2.26 bits per heavy atom. The molecule has 2 saturated heterocycles. The average molecular weight is 715 g/mol. The van der Waals surface area contributed by atoms with Crippen molar-refractivity contribution in [2.24, 2.45) is 5.92 Å². The van der Waals surface area contributed by atoms with E-state index >= 15 is 4.79 Å². The van der Waals surface area contributed by atoms with Gasteiger partial charge in [-0.2, -0.15) is 0 Å². The summed E-state index contributed by atoms with van der Waals surface area (Å²) in [5.74, 6) is -3.38. The molecular formula is C38H52F2N2O7Si. The third kappa shape index (κ3) is 9.79. The van der Waals surface area contributed by atoms with Gasteiger partial charge in [-0.25, -0.2) is 23.3 Å². The molecule has 274 valence electrons. The lowest BCUT2D eigenvalue weighted by molar-refractivity contribution is -0.138. The maximum atomic E-state index is 15.0. The molecule has 2 heterocycles. The van der Waals surface area contributed by atoms with Crippen molar-refractivity contribution in [3.8, 4) is 0 Å². The monoisotopic (exact) mass is 714 g/mol. The Hall–Kier alpha value is -3.61. The molecule has 2 aliphatic heterocycles. The first-order valence-corrected chi connectivity index (χ1v) is 20.1. The summed E-state index contributed by atoms with van der Waals surface area (Å²) in [6.07, 6.45) is -0.811. The minimum atomic E-state index is -2.75. The Labute approximate surface area is 296 Å². The number of cyclic esters (lactones) is 1. The minimum Gasteiger partial charge on any atom is -0.447 e. The number of likely N-dealkylation sites (tertiary alicyclic amines) is 1. The van der Waals surface area contributed by atoms with Gasteiger partial charge in [0.15, 0.2) is 8.32 Å². The molecule has 0 aliphatic carbocycles. The largest absolute Gasteiger partial charge is 0.447 e. The van der Waals surface area contributed by atoms with E-state index in [1.807, 2.05) is 43.4 Å². The number of hydrogen-bond acceptors (Lipinski definition) is 7. The maximum absolute atomic E-state index is 15.0. The van der Waals surface area contributed by atoms with Gasteiger partial charge in [-0.05, 0) is 81.4 Å². The van der Waals surface area contributed by atoms with Crippen molar-refractivity contribution in [2.45, 2.75) is 109 Å². The standard InChI is InChI=1S/C38H52F2N2O7Si/c1-10-16-46-30-22-32(41(23-30)35(44)48-37(2,3)4)33(49-50(8,9)38(5,6)7)31(20-26-17-27(39)21-28(40)18-26)34(43)42-29(24-47-36(42)45)19-25-14-12-11-13-15-25/h10-15,17-18,21,29-33H,1,16,19-20,22-24H2,2-9H3/t29?,30-,31+,32-,33+/m1/s1. The van der Waals surface area contributed by atoms with Crippen molar-refractivity contribution in [1.29, 1.82) is 0 Å². The number of imide groups is 1. The molecular weight excluding hydrogens is 663 g/mol. The molecule has 0 saturated carbocycles. The van der Waals surface area contributed by atoms with Gasteiger partial charge in [-0.1, -0.05) is 57.2 Å². The van der Waals surface area contributed by atoms with Crippen molar-refractivity contribution in [1.82, 2.24) is 9.80 Å². The van der Waals surface area contributed by atoms with Gasteiger partial charge in [-0.15, -0.1) is 6.58 Å². The molecule has 50 heavy (non-hydrogen) atoms. The van der Waals surface area contributed by atoms with Crippen LogP contribution in [0.4, 0.5) is 18.4 Å². The van der Waals surface area contributed by atoms with Gasteiger partial charge in [0.2, 0.25) is 5.91 Å². The number of halogens is 2. The topological polar surface area (TPSA) is 94.6 Å². The molecule has 1 unspecified atom stereocenters. The summed E-state index contributed by atoms with van der Waals surface area (Å²) in [7, 11) is -2.75. The second kappa shape index (κ2) is 15.7. The van der Waals surface area contributed by atoms with Gasteiger partial charge in [0.05, 0.1) is 43.4 Å². The molecule has 2 aliphatic rings. The lowest BCUT2D eigenvalue weighted by atomic mass is 9.87. The zero-order chi connectivity index (χ0) is 37.0. The van der Waals surface area contributed by atoms with Crippen molar-refractivity contribution >= 4 is 26.4 Å². The normalized spacial score (nSPS) is 21.2. The Balaban J connectivity index is 1.87. The smallest absolute Gasteiger partial charge is 0.416 e. The van der Waals surface area contributed by atoms with Crippen LogP contribution >= 0.6 is 0 Å². The maximum Gasteiger partial charge on any atom is 0.416 e. The summed E-state index contributed by atoms with van der Waals surface area (Å²) in [4.78, 5) is 44.9. The Morgan fingerprint density at radius 2 is 1.68 bits per heavy atom. The molecule has 2 fully saturated rings. The third-order valence-electron chi connectivity index (χ3n) is 9.60. The second-order valence-electron chi connectivity index (χ2n) is 15.7.